The second-order valence-corrected chi connectivity index (χ2v) is 3.73. The van der Waals surface area contributed by atoms with Crippen molar-refractivity contribution in [3.8, 4) is 0 Å². The summed E-state index contributed by atoms with van der Waals surface area (Å²) in [7, 11) is 1.25. The van der Waals surface area contributed by atoms with Gasteiger partial charge in [-0.05, 0) is 0 Å². The van der Waals surface area contributed by atoms with Gasteiger partial charge >= 0.3 is 11.9 Å². The molecule has 7 nitrogen and oxygen atoms in total. The zero-order chi connectivity index (χ0) is 15.0. The first-order chi connectivity index (χ1) is 9.54. The molecule has 0 saturated carbocycles. The van der Waals surface area contributed by atoms with E-state index in [9.17, 15) is 14.8 Å². The van der Waals surface area contributed by atoms with E-state index in [-0.39, 0.29) is 31.0 Å². The van der Waals surface area contributed by atoms with Crippen molar-refractivity contribution in [2.24, 2.45) is 0 Å². The van der Waals surface area contributed by atoms with E-state index >= 15 is 0 Å². The number of carbonyl (C=O) groups excluding carboxylic acids is 2. The van der Waals surface area contributed by atoms with E-state index in [1.54, 1.807) is 0 Å². The average Bonchev–Trinajstić information content (AvgIpc) is 2.46. The molecule has 0 aliphatic carbocycles. The van der Waals surface area contributed by atoms with Crippen molar-refractivity contribution in [3.05, 3.63) is 47.4 Å². The molecule has 0 bridgehead atoms. The Kier molecular flexibility index (Phi) is 6.18. The third-order valence-electron chi connectivity index (χ3n) is 2.25. The van der Waals surface area contributed by atoms with Crippen LogP contribution >= 0.6 is 0 Å². The second kappa shape index (κ2) is 7.90. The maximum absolute atomic E-state index is 11.5. The minimum Gasteiger partial charge on any atom is -0.619 e. The number of carbonyl (C=O) groups is 2. The maximum Gasteiger partial charge on any atom is 0.338 e. The van der Waals surface area contributed by atoms with Gasteiger partial charge in [0.25, 0.3) is 0 Å². The van der Waals surface area contributed by atoms with Gasteiger partial charge in [0.1, 0.15) is 6.61 Å². The summed E-state index contributed by atoms with van der Waals surface area (Å²) in [5.41, 5.74) is 0.456. The molecule has 1 aromatic rings. The lowest BCUT2D eigenvalue weighted by Gasteiger charge is -2.07. The first-order valence-corrected chi connectivity index (χ1v) is 5.74. The normalized spacial score (nSPS) is 9.85. The van der Waals surface area contributed by atoms with Gasteiger partial charge in [-0.15, -0.1) is 0 Å². The number of ether oxygens (including phenoxy) is 3. The van der Waals surface area contributed by atoms with Crippen LogP contribution in [-0.4, -0.2) is 38.9 Å². The molecule has 0 N–H and O–H groups in total. The third kappa shape index (κ3) is 5.07. The molecule has 0 saturated heterocycles. The standard InChI is InChI=1S/C13H15NO6/c1-10(12(15)18-2)9-19-7-8-20-13(16)11-3-5-14(17)6-4-11/h3-6H,1,7-9H2,2H3. The Morgan fingerprint density at radius 3 is 2.55 bits per heavy atom. The van der Waals surface area contributed by atoms with Gasteiger partial charge in [0.15, 0.2) is 12.4 Å². The SMILES string of the molecule is C=C(COCCOC(=O)c1cc[n+]([O-])cc1)C(=O)OC. The molecule has 0 fully saturated rings. The van der Waals surface area contributed by atoms with E-state index in [4.69, 9.17) is 9.47 Å². The fraction of sp³-hybridized carbons (Fsp3) is 0.308. The molecule has 20 heavy (non-hydrogen) atoms. The molecule has 0 aliphatic rings. The van der Waals surface area contributed by atoms with Gasteiger partial charge in [0.05, 0.1) is 31.5 Å². The Labute approximate surface area is 116 Å². The predicted molar refractivity (Wildman–Crippen MR) is 67.7 cm³/mol. The largest absolute Gasteiger partial charge is 0.619 e. The van der Waals surface area contributed by atoms with Crippen LogP contribution in [0.3, 0.4) is 0 Å². The molecular formula is C13H15NO6. The molecule has 0 unspecified atom stereocenters. The summed E-state index contributed by atoms with van der Waals surface area (Å²) in [5.74, 6) is -1.10. The lowest BCUT2D eigenvalue weighted by atomic mass is 10.3. The van der Waals surface area contributed by atoms with Crippen LogP contribution in [0.15, 0.2) is 36.7 Å². The van der Waals surface area contributed by atoms with Crippen LogP contribution in [0.4, 0.5) is 0 Å². The van der Waals surface area contributed by atoms with Crippen molar-refractivity contribution < 1.29 is 28.5 Å². The minimum atomic E-state index is -0.555. The van der Waals surface area contributed by atoms with Crippen LogP contribution in [0, 0.1) is 5.21 Å². The van der Waals surface area contributed by atoms with Gasteiger partial charge in [0.2, 0.25) is 0 Å². The van der Waals surface area contributed by atoms with Crippen molar-refractivity contribution >= 4 is 11.9 Å². The summed E-state index contributed by atoms with van der Waals surface area (Å²) in [6.45, 7) is 3.63. The van der Waals surface area contributed by atoms with Crippen molar-refractivity contribution in [1.82, 2.24) is 0 Å². The number of aromatic nitrogens is 1. The number of hydrogen-bond acceptors (Lipinski definition) is 6. The Morgan fingerprint density at radius 1 is 1.30 bits per heavy atom. The molecule has 0 atom stereocenters. The fourth-order valence-electron chi connectivity index (χ4n) is 1.22. The molecule has 0 aromatic carbocycles. The average molecular weight is 281 g/mol. The molecule has 1 heterocycles. The highest BCUT2D eigenvalue weighted by molar-refractivity contribution is 5.89. The molecular weight excluding hydrogens is 266 g/mol. The molecule has 7 heteroatoms. The van der Waals surface area contributed by atoms with E-state index in [0.717, 1.165) is 0 Å². The third-order valence-corrected chi connectivity index (χ3v) is 2.25. The number of hydrogen-bond donors (Lipinski definition) is 0. The van der Waals surface area contributed by atoms with E-state index < -0.39 is 11.9 Å². The monoisotopic (exact) mass is 281 g/mol. The molecule has 0 amide bonds. The summed E-state index contributed by atoms with van der Waals surface area (Å²) < 4.78 is 15.0. The molecule has 0 aliphatic heterocycles. The van der Waals surface area contributed by atoms with Gasteiger partial charge < -0.3 is 19.4 Å². The van der Waals surface area contributed by atoms with Crippen LogP contribution in [0.2, 0.25) is 0 Å². The highest BCUT2D eigenvalue weighted by Crippen LogP contribution is 1.99. The van der Waals surface area contributed by atoms with Gasteiger partial charge in [0, 0.05) is 12.1 Å². The van der Waals surface area contributed by atoms with Crippen LogP contribution in [-0.2, 0) is 19.0 Å². The predicted octanol–water partition coefficient (Wildman–Crippen LogP) is 0.223. The molecule has 1 aromatic heterocycles. The summed E-state index contributed by atoms with van der Waals surface area (Å²) in [6, 6.07) is 2.71. The van der Waals surface area contributed by atoms with Crippen molar-refractivity contribution in [2.75, 3.05) is 26.9 Å². The van der Waals surface area contributed by atoms with Crippen molar-refractivity contribution in [1.29, 1.82) is 0 Å². The van der Waals surface area contributed by atoms with Crippen LogP contribution in [0.25, 0.3) is 0 Å². The highest BCUT2D eigenvalue weighted by Gasteiger charge is 2.09. The van der Waals surface area contributed by atoms with Crippen molar-refractivity contribution in [3.63, 3.8) is 0 Å². The summed E-state index contributed by atoms with van der Waals surface area (Å²) >= 11 is 0. The topological polar surface area (TPSA) is 88.8 Å². The van der Waals surface area contributed by atoms with E-state index in [0.29, 0.717) is 4.73 Å². The Balaban J connectivity index is 2.21. The Morgan fingerprint density at radius 2 is 1.95 bits per heavy atom. The summed E-state index contributed by atoms with van der Waals surface area (Å²) in [6.07, 6.45) is 2.40. The first kappa shape index (κ1) is 15.6. The van der Waals surface area contributed by atoms with Gasteiger partial charge in [-0.3, -0.25) is 0 Å². The zero-order valence-electron chi connectivity index (χ0n) is 11.0. The molecule has 0 radical (unpaired) electrons. The van der Waals surface area contributed by atoms with E-state index in [1.165, 1.54) is 31.6 Å². The smallest absolute Gasteiger partial charge is 0.338 e. The Hall–Kier alpha value is -2.41. The lowest BCUT2D eigenvalue weighted by Crippen LogP contribution is -2.24. The summed E-state index contributed by atoms with van der Waals surface area (Å²) in [5, 5.41) is 10.8. The molecule has 108 valence electrons. The number of methoxy groups -OCH3 is 1. The van der Waals surface area contributed by atoms with Gasteiger partial charge in [-0.2, -0.15) is 4.73 Å². The van der Waals surface area contributed by atoms with Crippen LogP contribution < -0.4 is 4.73 Å². The summed E-state index contributed by atoms with van der Waals surface area (Å²) in [4.78, 5) is 22.5. The molecule has 0 spiro atoms. The number of rotatable bonds is 7. The minimum absolute atomic E-state index is 0.00570. The van der Waals surface area contributed by atoms with Crippen LogP contribution in [0.5, 0.6) is 0 Å². The second-order valence-electron chi connectivity index (χ2n) is 3.73. The lowest BCUT2D eigenvalue weighted by molar-refractivity contribution is -0.605. The highest BCUT2D eigenvalue weighted by atomic mass is 16.6. The van der Waals surface area contributed by atoms with E-state index in [2.05, 4.69) is 11.3 Å². The first-order valence-electron chi connectivity index (χ1n) is 5.74. The number of pyridine rings is 1. The zero-order valence-corrected chi connectivity index (χ0v) is 11.0. The quantitative estimate of drug-likeness (QED) is 0.233. The number of esters is 2. The fourth-order valence-corrected chi connectivity index (χ4v) is 1.22. The molecule has 1 rings (SSSR count). The van der Waals surface area contributed by atoms with Gasteiger partial charge in [-0.1, -0.05) is 6.58 Å². The van der Waals surface area contributed by atoms with Crippen LogP contribution in [0.1, 0.15) is 10.4 Å². The van der Waals surface area contributed by atoms with E-state index in [1.807, 2.05) is 0 Å². The Bertz CT molecular complexity index is 482. The maximum atomic E-state index is 11.5. The van der Waals surface area contributed by atoms with Gasteiger partial charge in [-0.25, -0.2) is 9.59 Å². The number of nitrogens with zero attached hydrogens (tertiary/aromatic N) is 1. The van der Waals surface area contributed by atoms with Crippen molar-refractivity contribution in [2.45, 2.75) is 0 Å².